The average molecular weight is 490 g/mol. The molecule has 0 radical (unpaired) electrons. The Morgan fingerprint density at radius 3 is 2.57 bits per heavy atom. The number of aromatic nitrogens is 4. The van der Waals surface area contributed by atoms with Crippen LogP contribution in [0.15, 0.2) is 54.7 Å². The van der Waals surface area contributed by atoms with Gasteiger partial charge in [0.05, 0.1) is 6.20 Å². The van der Waals surface area contributed by atoms with Gasteiger partial charge in [-0.1, -0.05) is 29.8 Å². The van der Waals surface area contributed by atoms with Crippen molar-refractivity contribution in [2.45, 2.75) is 32.4 Å². The van der Waals surface area contributed by atoms with Crippen molar-refractivity contribution in [2.24, 2.45) is 5.92 Å². The lowest BCUT2D eigenvalue weighted by Crippen LogP contribution is -2.28. The van der Waals surface area contributed by atoms with Gasteiger partial charge in [-0.3, -0.25) is 0 Å². The van der Waals surface area contributed by atoms with E-state index in [1.54, 1.807) is 0 Å². The van der Waals surface area contributed by atoms with Crippen LogP contribution < -0.4 is 15.5 Å². The Bertz CT molecular complexity index is 1280. The molecule has 1 saturated heterocycles. The van der Waals surface area contributed by atoms with Crippen LogP contribution in [0.25, 0.3) is 22.6 Å². The summed E-state index contributed by atoms with van der Waals surface area (Å²) in [7, 11) is 4.10. The molecular weight excluding hydrogens is 458 g/mol. The zero-order valence-electron chi connectivity index (χ0n) is 20.3. The van der Waals surface area contributed by atoms with Crippen molar-refractivity contribution in [1.29, 1.82) is 0 Å². The number of benzene rings is 2. The molecule has 2 N–H and O–H groups in total. The van der Waals surface area contributed by atoms with Gasteiger partial charge >= 0.3 is 0 Å². The molecule has 0 saturated carbocycles. The van der Waals surface area contributed by atoms with E-state index in [0.717, 1.165) is 70.8 Å². The SMILES string of the molecule is CN(C)c1ccc(-c2nc3cnc(NCc4ccccc4Cl)nc3n2CCC2CCNCC2)cc1. The van der Waals surface area contributed by atoms with E-state index >= 15 is 0 Å². The quantitative estimate of drug-likeness (QED) is 0.354. The summed E-state index contributed by atoms with van der Waals surface area (Å²) in [6.07, 6.45) is 5.37. The van der Waals surface area contributed by atoms with Crippen LogP contribution >= 0.6 is 11.6 Å². The van der Waals surface area contributed by atoms with Crippen molar-refractivity contribution in [3.05, 3.63) is 65.3 Å². The molecule has 0 aliphatic carbocycles. The Balaban J connectivity index is 1.46. The Labute approximate surface area is 211 Å². The molecule has 4 aromatic rings. The third-order valence-electron chi connectivity index (χ3n) is 6.74. The number of nitrogens with zero attached hydrogens (tertiary/aromatic N) is 5. The van der Waals surface area contributed by atoms with Crippen molar-refractivity contribution in [1.82, 2.24) is 24.8 Å². The van der Waals surface area contributed by atoms with Gasteiger partial charge in [-0.2, -0.15) is 4.98 Å². The molecule has 3 heterocycles. The average Bonchev–Trinajstić information content (AvgIpc) is 3.25. The smallest absolute Gasteiger partial charge is 0.225 e. The third kappa shape index (κ3) is 5.41. The number of rotatable bonds is 8. The maximum Gasteiger partial charge on any atom is 0.225 e. The highest BCUT2D eigenvalue weighted by Gasteiger charge is 2.18. The molecule has 0 amide bonds. The van der Waals surface area contributed by atoms with Gasteiger partial charge in [0.15, 0.2) is 5.65 Å². The lowest BCUT2D eigenvalue weighted by Gasteiger charge is -2.23. The van der Waals surface area contributed by atoms with Gasteiger partial charge in [0.25, 0.3) is 0 Å². The predicted molar refractivity (Wildman–Crippen MR) is 144 cm³/mol. The van der Waals surface area contributed by atoms with Crippen LogP contribution in [0.5, 0.6) is 0 Å². The van der Waals surface area contributed by atoms with Crippen molar-refractivity contribution < 1.29 is 0 Å². The van der Waals surface area contributed by atoms with Crippen molar-refractivity contribution in [3.63, 3.8) is 0 Å². The number of aryl methyl sites for hydroxylation is 1. The molecule has 0 spiro atoms. The molecule has 35 heavy (non-hydrogen) atoms. The fourth-order valence-corrected chi connectivity index (χ4v) is 4.85. The zero-order chi connectivity index (χ0) is 24.2. The van der Waals surface area contributed by atoms with E-state index in [2.05, 4.69) is 63.4 Å². The fraction of sp³-hybridized carbons (Fsp3) is 0.370. The second-order valence-corrected chi connectivity index (χ2v) is 9.77. The number of nitrogens with one attached hydrogen (secondary N) is 2. The maximum absolute atomic E-state index is 6.33. The Kier molecular flexibility index (Phi) is 7.16. The molecule has 0 unspecified atom stereocenters. The van der Waals surface area contributed by atoms with Gasteiger partial charge in [-0.25, -0.2) is 9.97 Å². The predicted octanol–water partition coefficient (Wildman–Crippen LogP) is 5.21. The van der Waals surface area contributed by atoms with Gasteiger partial charge in [-0.15, -0.1) is 0 Å². The number of hydrogen-bond donors (Lipinski definition) is 2. The molecule has 2 aromatic heterocycles. The normalized spacial score (nSPS) is 14.4. The summed E-state index contributed by atoms with van der Waals surface area (Å²) in [6.45, 7) is 3.65. The number of fused-ring (bicyclic) bond motifs is 1. The molecule has 2 aromatic carbocycles. The molecule has 8 heteroatoms. The fourth-order valence-electron chi connectivity index (χ4n) is 4.64. The van der Waals surface area contributed by atoms with Crippen molar-refractivity contribution >= 4 is 34.4 Å². The first-order chi connectivity index (χ1) is 17.1. The highest BCUT2D eigenvalue weighted by molar-refractivity contribution is 6.31. The van der Waals surface area contributed by atoms with Gasteiger partial charge in [0.1, 0.15) is 11.3 Å². The molecule has 1 aliphatic rings. The summed E-state index contributed by atoms with van der Waals surface area (Å²) in [5, 5.41) is 7.53. The van der Waals surface area contributed by atoms with Crippen LogP contribution in [0.4, 0.5) is 11.6 Å². The summed E-state index contributed by atoms with van der Waals surface area (Å²) < 4.78 is 2.27. The Morgan fingerprint density at radius 1 is 1.06 bits per heavy atom. The summed E-state index contributed by atoms with van der Waals surface area (Å²) in [4.78, 5) is 16.5. The maximum atomic E-state index is 6.33. The van der Waals surface area contributed by atoms with Crippen LogP contribution in [0.1, 0.15) is 24.8 Å². The van der Waals surface area contributed by atoms with E-state index in [-0.39, 0.29) is 0 Å². The summed E-state index contributed by atoms with van der Waals surface area (Å²) in [5.41, 5.74) is 4.94. The first-order valence-corrected chi connectivity index (χ1v) is 12.7. The standard InChI is InChI=1S/C27H32ClN7/c1-34(2)22-9-7-20(8-10-22)25-32-24-18-31-27(30-17-21-5-3-4-6-23(21)28)33-26(24)35(25)16-13-19-11-14-29-15-12-19/h3-10,18-19,29H,11-17H2,1-2H3,(H,30,31,33). The van der Waals surface area contributed by atoms with E-state index in [1.807, 2.05) is 30.5 Å². The molecule has 1 aliphatic heterocycles. The third-order valence-corrected chi connectivity index (χ3v) is 7.11. The number of anilines is 2. The number of hydrogen-bond acceptors (Lipinski definition) is 6. The molecule has 7 nitrogen and oxygen atoms in total. The summed E-state index contributed by atoms with van der Waals surface area (Å²) in [5.74, 6) is 2.24. The molecule has 182 valence electrons. The summed E-state index contributed by atoms with van der Waals surface area (Å²) >= 11 is 6.33. The van der Waals surface area contributed by atoms with E-state index < -0.39 is 0 Å². The highest BCUT2D eigenvalue weighted by Crippen LogP contribution is 2.28. The molecular formula is C27H32ClN7. The van der Waals surface area contributed by atoms with Crippen LogP contribution in [0.3, 0.4) is 0 Å². The van der Waals surface area contributed by atoms with Gasteiger partial charge in [-0.05, 0) is 74.2 Å². The van der Waals surface area contributed by atoms with Crippen molar-refractivity contribution in [2.75, 3.05) is 37.4 Å². The van der Waals surface area contributed by atoms with E-state index in [4.69, 9.17) is 21.6 Å². The second-order valence-electron chi connectivity index (χ2n) is 9.36. The highest BCUT2D eigenvalue weighted by atomic mass is 35.5. The minimum atomic E-state index is 0.563. The largest absolute Gasteiger partial charge is 0.378 e. The molecule has 5 rings (SSSR count). The van der Waals surface area contributed by atoms with E-state index in [9.17, 15) is 0 Å². The lowest BCUT2D eigenvalue weighted by molar-refractivity contribution is 0.339. The van der Waals surface area contributed by atoms with Gasteiger partial charge < -0.3 is 20.1 Å². The number of halogens is 1. The van der Waals surface area contributed by atoms with Crippen LogP contribution in [0, 0.1) is 5.92 Å². The second kappa shape index (κ2) is 10.6. The van der Waals surface area contributed by atoms with Gasteiger partial charge in [0.2, 0.25) is 5.95 Å². The van der Waals surface area contributed by atoms with E-state index in [1.165, 1.54) is 12.8 Å². The first-order valence-electron chi connectivity index (χ1n) is 12.3. The number of piperidine rings is 1. The van der Waals surface area contributed by atoms with Crippen LogP contribution in [0.2, 0.25) is 5.02 Å². The topological polar surface area (TPSA) is 70.9 Å². The lowest BCUT2D eigenvalue weighted by atomic mass is 9.95. The Hall–Kier alpha value is -3.16. The van der Waals surface area contributed by atoms with Crippen molar-refractivity contribution in [3.8, 4) is 11.4 Å². The summed E-state index contributed by atoms with van der Waals surface area (Å²) in [6, 6.07) is 16.4. The minimum Gasteiger partial charge on any atom is -0.378 e. The first kappa shape index (κ1) is 23.6. The zero-order valence-corrected chi connectivity index (χ0v) is 21.1. The van der Waals surface area contributed by atoms with Crippen LogP contribution in [-0.4, -0.2) is 46.7 Å². The van der Waals surface area contributed by atoms with Gasteiger partial charge in [0, 0.05) is 43.5 Å². The molecule has 1 fully saturated rings. The number of imidazole rings is 1. The monoisotopic (exact) mass is 489 g/mol. The minimum absolute atomic E-state index is 0.563. The Morgan fingerprint density at radius 2 is 1.83 bits per heavy atom. The molecule has 0 bridgehead atoms. The van der Waals surface area contributed by atoms with Crippen LogP contribution in [-0.2, 0) is 13.1 Å². The van der Waals surface area contributed by atoms with E-state index in [0.29, 0.717) is 12.5 Å². The molecule has 0 atom stereocenters.